The Hall–Kier alpha value is -0.180. The van der Waals surface area contributed by atoms with Gasteiger partial charge >= 0.3 is 0 Å². The molecule has 1 nitrogen and oxygen atoms in total. The third kappa shape index (κ3) is 3.40. The largest absolute Gasteiger partial charge is 0.298 e. The van der Waals surface area contributed by atoms with Crippen LogP contribution < -0.4 is 0 Å². The van der Waals surface area contributed by atoms with Gasteiger partial charge in [-0.15, -0.1) is 0 Å². The monoisotopic (exact) mass is 288 g/mol. The Balaban J connectivity index is 2.07. The minimum absolute atomic E-state index is 0.135. The van der Waals surface area contributed by atoms with Crippen LogP contribution in [0.15, 0.2) is 18.2 Å². The zero-order valence-corrected chi connectivity index (χ0v) is 11.7. The molecule has 1 heterocycles. The maximum atomic E-state index is 12.1. The van der Waals surface area contributed by atoms with Gasteiger partial charge < -0.3 is 0 Å². The Bertz CT molecular complexity index is 394. The van der Waals surface area contributed by atoms with E-state index in [2.05, 4.69) is 0 Å². The molecule has 0 N–H and O–H groups in total. The standard InChI is InChI=1S/C13H14Cl2OS/c14-10-4-3-5-11(15)9(10)8-12(16)13-6-1-2-7-17-13/h3-5,13H,1-2,6-8H2. The molecule has 0 spiro atoms. The lowest BCUT2D eigenvalue weighted by atomic mass is 10.0. The molecule has 1 aliphatic heterocycles. The average molecular weight is 289 g/mol. The third-order valence-electron chi connectivity index (χ3n) is 2.95. The van der Waals surface area contributed by atoms with Crippen LogP contribution in [-0.4, -0.2) is 16.8 Å². The van der Waals surface area contributed by atoms with Gasteiger partial charge in [-0.25, -0.2) is 0 Å². The van der Waals surface area contributed by atoms with Crippen molar-refractivity contribution in [2.24, 2.45) is 0 Å². The molecule has 92 valence electrons. The minimum atomic E-state index is 0.135. The van der Waals surface area contributed by atoms with Crippen molar-refractivity contribution in [2.75, 3.05) is 5.75 Å². The third-order valence-corrected chi connectivity index (χ3v) is 5.09. The minimum Gasteiger partial charge on any atom is -0.298 e. The highest BCUT2D eigenvalue weighted by Crippen LogP contribution is 2.30. The Labute approximate surface area is 116 Å². The molecule has 1 aliphatic rings. The summed E-state index contributed by atoms with van der Waals surface area (Å²) >= 11 is 13.9. The van der Waals surface area contributed by atoms with E-state index in [1.54, 1.807) is 30.0 Å². The zero-order valence-electron chi connectivity index (χ0n) is 9.42. The lowest BCUT2D eigenvalue weighted by Gasteiger charge is -2.20. The summed E-state index contributed by atoms with van der Waals surface area (Å²) in [5.74, 6) is 1.34. The molecule has 0 saturated carbocycles. The highest BCUT2D eigenvalue weighted by molar-refractivity contribution is 8.00. The van der Waals surface area contributed by atoms with Gasteiger partial charge in [-0.05, 0) is 36.3 Å². The van der Waals surface area contributed by atoms with Crippen LogP contribution >= 0.6 is 35.0 Å². The van der Waals surface area contributed by atoms with Gasteiger partial charge in [-0.2, -0.15) is 11.8 Å². The van der Waals surface area contributed by atoms with E-state index in [0.29, 0.717) is 16.5 Å². The lowest BCUT2D eigenvalue weighted by Crippen LogP contribution is -2.22. The van der Waals surface area contributed by atoms with Crippen LogP contribution in [0.5, 0.6) is 0 Å². The van der Waals surface area contributed by atoms with Crippen molar-refractivity contribution < 1.29 is 4.79 Å². The summed E-state index contributed by atoms with van der Waals surface area (Å²) in [6.07, 6.45) is 3.72. The van der Waals surface area contributed by atoms with Gasteiger partial charge in [-0.3, -0.25) is 4.79 Å². The molecule has 0 bridgehead atoms. The smallest absolute Gasteiger partial charge is 0.150 e. The summed E-state index contributed by atoms with van der Waals surface area (Å²) in [5, 5.41) is 1.31. The number of Topliss-reactive ketones (excluding diaryl/α,β-unsaturated/α-hetero) is 1. The molecular weight excluding hydrogens is 275 g/mol. The van der Waals surface area contributed by atoms with E-state index in [1.165, 1.54) is 6.42 Å². The van der Waals surface area contributed by atoms with Crippen LogP contribution in [0.2, 0.25) is 10.0 Å². The Morgan fingerprint density at radius 2 is 2.00 bits per heavy atom. The summed E-state index contributed by atoms with van der Waals surface area (Å²) in [5.41, 5.74) is 0.770. The van der Waals surface area contributed by atoms with E-state index in [-0.39, 0.29) is 11.0 Å². The number of thioether (sulfide) groups is 1. The molecule has 0 aliphatic carbocycles. The van der Waals surface area contributed by atoms with Crippen molar-refractivity contribution >= 4 is 40.7 Å². The fourth-order valence-electron chi connectivity index (χ4n) is 1.98. The van der Waals surface area contributed by atoms with E-state index < -0.39 is 0 Å². The topological polar surface area (TPSA) is 17.1 Å². The van der Waals surface area contributed by atoms with Crippen LogP contribution in [0.1, 0.15) is 24.8 Å². The molecule has 0 radical (unpaired) electrons. The molecule has 1 fully saturated rings. The molecule has 2 rings (SSSR count). The van der Waals surface area contributed by atoms with Gasteiger partial charge in [0.05, 0.1) is 5.25 Å². The Morgan fingerprint density at radius 3 is 2.59 bits per heavy atom. The van der Waals surface area contributed by atoms with Crippen molar-refractivity contribution in [3.8, 4) is 0 Å². The van der Waals surface area contributed by atoms with Crippen LogP contribution in [0.25, 0.3) is 0 Å². The molecule has 4 heteroatoms. The Kier molecular flexibility index (Phi) is 4.78. The molecule has 0 amide bonds. The second kappa shape index (κ2) is 6.12. The Morgan fingerprint density at radius 1 is 1.29 bits per heavy atom. The molecule has 1 atom stereocenters. The molecular formula is C13H14Cl2OS. The van der Waals surface area contributed by atoms with Gasteiger partial charge in [-0.1, -0.05) is 35.7 Å². The summed E-state index contributed by atoms with van der Waals surface area (Å²) < 4.78 is 0. The maximum Gasteiger partial charge on any atom is 0.150 e. The molecule has 1 saturated heterocycles. The second-order valence-corrected chi connectivity index (χ2v) is 6.32. The van der Waals surface area contributed by atoms with Crippen molar-refractivity contribution in [3.05, 3.63) is 33.8 Å². The van der Waals surface area contributed by atoms with Crippen molar-refractivity contribution in [3.63, 3.8) is 0 Å². The molecule has 1 aromatic rings. The van der Waals surface area contributed by atoms with Crippen molar-refractivity contribution in [1.29, 1.82) is 0 Å². The first-order valence-electron chi connectivity index (χ1n) is 5.75. The van der Waals surface area contributed by atoms with Crippen LogP contribution in [0, 0.1) is 0 Å². The van der Waals surface area contributed by atoms with Gasteiger partial charge in [0.2, 0.25) is 0 Å². The summed E-state index contributed by atoms with van der Waals surface area (Å²) in [6, 6.07) is 5.36. The van der Waals surface area contributed by atoms with E-state index in [4.69, 9.17) is 23.2 Å². The maximum absolute atomic E-state index is 12.1. The molecule has 1 unspecified atom stereocenters. The lowest BCUT2D eigenvalue weighted by molar-refractivity contribution is -0.118. The quantitative estimate of drug-likeness (QED) is 0.821. The van der Waals surface area contributed by atoms with Crippen LogP contribution in [0.4, 0.5) is 0 Å². The fraction of sp³-hybridized carbons (Fsp3) is 0.462. The van der Waals surface area contributed by atoms with Crippen molar-refractivity contribution in [2.45, 2.75) is 30.9 Å². The summed E-state index contributed by atoms with van der Waals surface area (Å²) in [7, 11) is 0. The second-order valence-electron chi connectivity index (χ2n) is 4.20. The first-order valence-corrected chi connectivity index (χ1v) is 7.56. The number of rotatable bonds is 3. The summed E-state index contributed by atoms with van der Waals surface area (Å²) in [4.78, 5) is 12.1. The molecule has 1 aromatic carbocycles. The van der Waals surface area contributed by atoms with Crippen molar-refractivity contribution in [1.82, 2.24) is 0 Å². The highest BCUT2D eigenvalue weighted by atomic mass is 35.5. The average Bonchev–Trinajstić information content (AvgIpc) is 2.35. The fourth-order valence-corrected chi connectivity index (χ4v) is 3.77. The van der Waals surface area contributed by atoms with E-state index in [9.17, 15) is 4.79 Å². The number of benzene rings is 1. The SMILES string of the molecule is O=C(Cc1c(Cl)cccc1Cl)C1CCCCS1. The van der Waals surface area contributed by atoms with E-state index in [0.717, 1.165) is 24.2 Å². The number of carbonyl (C=O) groups excluding carboxylic acids is 1. The molecule has 17 heavy (non-hydrogen) atoms. The number of halogens is 2. The van der Waals surface area contributed by atoms with Crippen LogP contribution in [0.3, 0.4) is 0 Å². The first-order chi connectivity index (χ1) is 8.18. The predicted octanol–water partition coefficient (Wildman–Crippen LogP) is 4.39. The van der Waals surface area contributed by atoms with E-state index >= 15 is 0 Å². The highest BCUT2D eigenvalue weighted by Gasteiger charge is 2.23. The predicted molar refractivity (Wildman–Crippen MR) is 75.3 cm³/mol. The number of hydrogen-bond donors (Lipinski definition) is 0. The summed E-state index contributed by atoms with van der Waals surface area (Å²) in [6.45, 7) is 0. The van der Waals surface area contributed by atoms with Gasteiger partial charge in [0.25, 0.3) is 0 Å². The number of carbonyl (C=O) groups is 1. The van der Waals surface area contributed by atoms with Crippen LogP contribution in [-0.2, 0) is 11.2 Å². The van der Waals surface area contributed by atoms with E-state index in [1.807, 2.05) is 0 Å². The van der Waals surface area contributed by atoms with Gasteiger partial charge in [0.15, 0.2) is 0 Å². The number of hydrogen-bond acceptors (Lipinski definition) is 2. The number of ketones is 1. The first kappa shape index (κ1) is 13.3. The van der Waals surface area contributed by atoms with Gasteiger partial charge in [0.1, 0.15) is 5.78 Å². The zero-order chi connectivity index (χ0) is 12.3. The molecule has 0 aromatic heterocycles. The van der Waals surface area contributed by atoms with Gasteiger partial charge in [0, 0.05) is 16.5 Å². The normalized spacial score (nSPS) is 20.2.